The molecule has 0 aliphatic carbocycles. The van der Waals surface area contributed by atoms with Gasteiger partial charge < -0.3 is 15.2 Å². The Morgan fingerprint density at radius 3 is 3.00 bits per heavy atom. The fraction of sp³-hybridized carbons (Fsp3) is 0.400. The van der Waals surface area contributed by atoms with Gasteiger partial charge in [-0.15, -0.1) is 0 Å². The number of halogens is 1. The lowest BCUT2D eigenvalue weighted by Crippen LogP contribution is -2.14. The smallest absolute Gasteiger partial charge is 0.226 e. The van der Waals surface area contributed by atoms with Crippen LogP contribution in [0, 0.1) is 11.8 Å². The number of aliphatic hydroxyl groups excluding tert-OH is 1. The van der Waals surface area contributed by atoms with Crippen molar-refractivity contribution < 1.29 is 14.6 Å². The van der Waals surface area contributed by atoms with Crippen LogP contribution in [0.25, 0.3) is 0 Å². The number of anilines is 1. The lowest BCUT2D eigenvalue weighted by molar-refractivity contribution is -0.117. The molecule has 0 atom stereocenters. The molecule has 0 unspecified atom stereocenters. The third-order valence-corrected chi connectivity index (χ3v) is 2.72. The molecular formula is C15H18ClNO3. The molecular weight excluding hydrogens is 278 g/mol. The highest BCUT2D eigenvalue weighted by molar-refractivity contribution is 6.33. The zero-order valence-electron chi connectivity index (χ0n) is 11.4. The van der Waals surface area contributed by atoms with E-state index in [1.807, 2.05) is 6.92 Å². The van der Waals surface area contributed by atoms with Crippen LogP contribution in [0.2, 0.25) is 5.02 Å². The molecule has 1 aromatic carbocycles. The van der Waals surface area contributed by atoms with Gasteiger partial charge in [-0.2, -0.15) is 0 Å². The van der Waals surface area contributed by atoms with Crippen molar-refractivity contribution in [3.05, 3.63) is 28.8 Å². The fourth-order valence-electron chi connectivity index (χ4n) is 1.44. The number of aliphatic hydroxyl groups is 1. The van der Waals surface area contributed by atoms with E-state index in [0.717, 1.165) is 5.56 Å². The number of rotatable bonds is 6. The maximum Gasteiger partial charge on any atom is 0.226 e. The first-order valence-electron chi connectivity index (χ1n) is 6.44. The van der Waals surface area contributed by atoms with Crippen LogP contribution in [0.4, 0.5) is 5.69 Å². The van der Waals surface area contributed by atoms with Crippen molar-refractivity contribution in [1.82, 2.24) is 0 Å². The van der Waals surface area contributed by atoms with Gasteiger partial charge in [0.1, 0.15) is 0 Å². The molecule has 108 valence electrons. The van der Waals surface area contributed by atoms with Crippen molar-refractivity contribution >= 4 is 23.2 Å². The molecule has 0 radical (unpaired) electrons. The summed E-state index contributed by atoms with van der Waals surface area (Å²) in [5.41, 5.74) is 1.27. The number of amides is 1. The average molecular weight is 296 g/mol. The molecule has 0 saturated heterocycles. The Balaban J connectivity index is 2.67. The number of nitrogens with one attached hydrogen (secondary N) is 1. The van der Waals surface area contributed by atoms with Crippen molar-refractivity contribution in [3.8, 4) is 11.8 Å². The second-order valence-electron chi connectivity index (χ2n) is 3.97. The van der Waals surface area contributed by atoms with Crippen LogP contribution < -0.4 is 5.32 Å². The predicted octanol–water partition coefficient (Wildman–Crippen LogP) is 2.44. The molecule has 0 aliphatic rings. The Bertz CT molecular complexity index is 506. The van der Waals surface area contributed by atoms with E-state index in [2.05, 4.69) is 17.2 Å². The number of carbonyl (C=O) groups excluding carboxylic acids is 1. The van der Waals surface area contributed by atoms with Crippen LogP contribution in [0.15, 0.2) is 18.2 Å². The fourth-order valence-corrected chi connectivity index (χ4v) is 1.61. The zero-order valence-corrected chi connectivity index (χ0v) is 12.2. The molecule has 0 heterocycles. The minimum absolute atomic E-state index is 0.0294. The largest absolute Gasteiger partial charge is 0.395 e. The number of hydrogen-bond donors (Lipinski definition) is 2. The predicted molar refractivity (Wildman–Crippen MR) is 79.8 cm³/mol. The third-order valence-electron chi connectivity index (χ3n) is 2.39. The summed E-state index contributed by atoms with van der Waals surface area (Å²) in [4.78, 5) is 11.7. The summed E-state index contributed by atoms with van der Waals surface area (Å²) in [6.45, 7) is 2.88. The van der Waals surface area contributed by atoms with Gasteiger partial charge in [0.15, 0.2) is 0 Å². The molecule has 0 bridgehead atoms. The van der Waals surface area contributed by atoms with E-state index in [1.54, 1.807) is 18.2 Å². The maximum atomic E-state index is 11.7. The van der Waals surface area contributed by atoms with Gasteiger partial charge >= 0.3 is 0 Å². The Kier molecular flexibility index (Phi) is 7.74. The van der Waals surface area contributed by atoms with E-state index in [-0.39, 0.29) is 18.9 Å². The number of benzene rings is 1. The van der Waals surface area contributed by atoms with Crippen molar-refractivity contribution in [2.75, 3.05) is 25.1 Å². The molecule has 20 heavy (non-hydrogen) atoms. The van der Waals surface area contributed by atoms with Gasteiger partial charge in [0.2, 0.25) is 5.91 Å². The van der Waals surface area contributed by atoms with Crippen LogP contribution in [-0.2, 0) is 9.53 Å². The summed E-state index contributed by atoms with van der Waals surface area (Å²) < 4.78 is 5.12. The first-order chi connectivity index (χ1) is 9.67. The van der Waals surface area contributed by atoms with Crippen molar-refractivity contribution in [2.45, 2.75) is 19.8 Å². The zero-order chi connectivity index (χ0) is 14.8. The Morgan fingerprint density at radius 2 is 2.30 bits per heavy atom. The van der Waals surface area contributed by atoms with Gasteiger partial charge in [-0.25, -0.2) is 0 Å². The van der Waals surface area contributed by atoms with E-state index in [0.29, 0.717) is 30.3 Å². The molecule has 2 N–H and O–H groups in total. The monoisotopic (exact) mass is 295 g/mol. The standard InChI is InChI=1S/C15H18ClNO3/c1-2-20-10-8-15(19)17-14-11-12(5-3-4-9-18)6-7-13(14)16/h6-7,11,18H,2,4,8-10H2,1H3,(H,17,19). The van der Waals surface area contributed by atoms with Gasteiger partial charge in [0, 0.05) is 18.6 Å². The van der Waals surface area contributed by atoms with Crippen molar-refractivity contribution in [1.29, 1.82) is 0 Å². The molecule has 1 aromatic rings. The molecule has 0 saturated carbocycles. The molecule has 4 nitrogen and oxygen atoms in total. The number of hydrogen-bond acceptors (Lipinski definition) is 3. The van der Waals surface area contributed by atoms with Crippen LogP contribution in [0.1, 0.15) is 25.3 Å². The summed E-state index contributed by atoms with van der Waals surface area (Å²) in [6.07, 6.45) is 0.698. The Hall–Kier alpha value is -1.54. The molecule has 0 spiro atoms. The molecule has 5 heteroatoms. The van der Waals surface area contributed by atoms with Gasteiger partial charge in [-0.05, 0) is 25.1 Å². The lowest BCUT2D eigenvalue weighted by atomic mass is 10.2. The van der Waals surface area contributed by atoms with Crippen molar-refractivity contribution in [2.24, 2.45) is 0 Å². The minimum Gasteiger partial charge on any atom is -0.395 e. The van der Waals surface area contributed by atoms with Crippen LogP contribution in [0.3, 0.4) is 0 Å². The highest BCUT2D eigenvalue weighted by Gasteiger charge is 2.06. The summed E-state index contributed by atoms with van der Waals surface area (Å²) in [7, 11) is 0. The van der Waals surface area contributed by atoms with Gasteiger partial charge in [0.25, 0.3) is 0 Å². The summed E-state index contributed by atoms with van der Waals surface area (Å²) in [5, 5.41) is 11.9. The topological polar surface area (TPSA) is 58.6 Å². The lowest BCUT2D eigenvalue weighted by Gasteiger charge is -2.07. The molecule has 1 amide bonds. The van der Waals surface area contributed by atoms with E-state index in [4.69, 9.17) is 21.4 Å². The quantitative estimate of drug-likeness (QED) is 0.626. The molecule has 0 aliphatic heterocycles. The molecule has 0 aromatic heterocycles. The van der Waals surface area contributed by atoms with Crippen LogP contribution in [-0.4, -0.2) is 30.8 Å². The molecule has 1 rings (SSSR count). The van der Waals surface area contributed by atoms with Crippen LogP contribution in [0.5, 0.6) is 0 Å². The first-order valence-corrected chi connectivity index (χ1v) is 6.82. The number of carbonyl (C=O) groups is 1. The van der Waals surface area contributed by atoms with E-state index in [9.17, 15) is 4.79 Å². The summed E-state index contributed by atoms with van der Waals surface area (Å²) in [6, 6.07) is 5.16. The van der Waals surface area contributed by atoms with Crippen molar-refractivity contribution in [3.63, 3.8) is 0 Å². The SMILES string of the molecule is CCOCCC(=O)Nc1cc(C#CCCO)ccc1Cl. The van der Waals surface area contributed by atoms with Gasteiger partial charge in [-0.1, -0.05) is 23.4 Å². The minimum atomic E-state index is -0.152. The maximum absolute atomic E-state index is 11.7. The number of ether oxygens (including phenoxy) is 1. The summed E-state index contributed by atoms with van der Waals surface area (Å²) in [5.74, 6) is 5.56. The highest BCUT2D eigenvalue weighted by atomic mass is 35.5. The van der Waals surface area contributed by atoms with E-state index < -0.39 is 0 Å². The second-order valence-corrected chi connectivity index (χ2v) is 4.37. The molecule has 0 fully saturated rings. The Morgan fingerprint density at radius 1 is 1.50 bits per heavy atom. The van der Waals surface area contributed by atoms with Crippen LogP contribution >= 0.6 is 11.6 Å². The Labute approximate surface area is 124 Å². The highest BCUT2D eigenvalue weighted by Crippen LogP contribution is 2.22. The summed E-state index contributed by atoms with van der Waals surface area (Å²) >= 11 is 6.03. The third kappa shape index (κ3) is 6.07. The van der Waals surface area contributed by atoms with Gasteiger partial charge in [0.05, 0.1) is 30.3 Å². The van der Waals surface area contributed by atoms with Gasteiger partial charge in [-0.3, -0.25) is 4.79 Å². The second kappa shape index (κ2) is 9.38. The normalized spacial score (nSPS) is 9.75. The first kappa shape index (κ1) is 16.5. The average Bonchev–Trinajstić information content (AvgIpc) is 2.43. The van der Waals surface area contributed by atoms with E-state index >= 15 is 0 Å². The van der Waals surface area contributed by atoms with E-state index in [1.165, 1.54) is 0 Å².